The number of carbonyl (C=O) groups is 1. The highest BCUT2D eigenvalue weighted by Gasteiger charge is 2.29. The van der Waals surface area contributed by atoms with E-state index in [-0.39, 0.29) is 24.7 Å². The van der Waals surface area contributed by atoms with Crippen LogP contribution in [0.15, 0.2) is 12.7 Å². The van der Waals surface area contributed by atoms with Crippen LogP contribution >= 0.6 is 0 Å². The van der Waals surface area contributed by atoms with Gasteiger partial charge in [-0.2, -0.15) is 0 Å². The predicted molar refractivity (Wildman–Crippen MR) is 69.8 cm³/mol. The monoisotopic (exact) mass is 277 g/mol. The Labute approximate surface area is 114 Å². The zero-order valence-electron chi connectivity index (χ0n) is 11.0. The minimum atomic E-state index is -0.300. The van der Waals surface area contributed by atoms with E-state index in [1.165, 1.54) is 13.3 Å². The number of hydrogen-bond donors (Lipinski definition) is 1. The van der Waals surface area contributed by atoms with Crippen molar-refractivity contribution in [2.45, 2.75) is 25.5 Å². The van der Waals surface area contributed by atoms with Gasteiger partial charge in [-0.05, 0) is 6.42 Å². The van der Waals surface area contributed by atoms with E-state index in [2.05, 4.69) is 15.0 Å². The zero-order valence-corrected chi connectivity index (χ0v) is 11.0. The summed E-state index contributed by atoms with van der Waals surface area (Å²) >= 11 is 0. The summed E-state index contributed by atoms with van der Waals surface area (Å²) < 4.78 is 12.5. The lowest BCUT2D eigenvalue weighted by molar-refractivity contribution is -0.144. The van der Waals surface area contributed by atoms with Crippen LogP contribution in [0.4, 0.5) is 5.82 Å². The molecule has 3 rings (SSSR count). The molecule has 3 heterocycles. The number of hydrogen-bond acceptors (Lipinski definition) is 7. The minimum Gasteiger partial charge on any atom is -0.463 e. The summed E-state index contributed by atoms with van der Waals surface area (Å²) in [4.78, 5) is 23.2. The van der Waals surface area contributed by atoms with E-state index >= 15 is 0 Å². The van der Waals surface area contributed by atoms with Crippen LogP contribution in [-0.4, -0.2) is 44.8 Å². The molecule has 0 unspecified atom stereocenters. The summed E-state index contributed by atoms with van der Waals surface area (Å²) in [6.45, 7) is 2.19. The molecule has 0 aromatic carbocycles. The Kier molecular flexibility index (Phi) is 3.23. The number of carbonyl (C=O) groups excluding carboxylic acids is 1. The maximum absolute atomic E-state index is 10.8. The van der Waals surface area contributed by atoms with Gasteiger partial charge in [-0.15, -0.1) is 0 Å². The molecule has 0 bridgehead atoms. The number of anilines is 1. The average Bonchev–Trinajstić information content (AvgIpc) is 3.02. The Morgan fingerprint density at radius 2 is 2.40 bits per heavy atom. The van der Waals surface area contributed by atoms with Gasteiger partial charge in [0, 0.05) is 6.92 Å². The van der Waals surface area contributed by atoms with Crippen LogP contribution in [0.5, 0.6) is 0 Å². The molecule has 0 amide bonds. The highest BCUT2D eigenvalue weighted by atomic mass is 16.6. The molecule has 20 heavy (non-hydrogen) atoms. The lowest BCUT2D eigenvalue weighted by Gasteiger charge is -2.11. The fourth-order valence-corrected chi connectivity index (χ4v) is 2.34. The van der Waals surface area contributed by atoms with Crippen LogP contribution in [0, 0.1) is 0 Å². The van der Waals surface area contributed by atoms with Crippen molar-refractivity contribution in [2.24, 2.45) is 0 Å². The van der Waals surface area contributed by atoms with Crippen LogP contribution in [0.25, 0.3) is 11.2 Å². The molecule has 1 saturated heterocycles. The third-order valence-electron chi connectivity index (χ3n) is 3.31. The van der Waals surface area contributed by atoms with Gasteiger partial charge in [-0.25, -0.2) is 15.0 Å². The average molecular weight is 277 g/mol. The summed E-state index contributed by atoms with van der Waals surface area (Å²) in [6, 6.07) is 0.106. The largest absolute Gasteiger partial charge is 0.463 e. The van der Waals surface area contributed by atoms with Crippen molar-refractivity contribution < 1.29 is 14.3 Å². The number of esters is 1. The van der Waals surface area contributed by atoms with E-state index in [4.69, 9.17) is 15.2 Å². The van der Waals surface area contributed by atoms with E-state index in [0.717, 1.165) is 6.42 Å². The Morgan fingerprint density at radius 3 is 3.20 bits per heavy atom. The van der Waals surface area contributed by atoms with Crippen molar-refractivity contribution in [3.8, 4) is 0 Å². The normalized spacial score (nSPS) is 22.2. The van der Waals surface area contributed by atoms with Crippen molar-refractivity contribution in [1.82, 2.24) is 19.5 Å². The number of nitrogens with two attached hydrogens (primary N) is 1. The summed E-state index contributed by atoms with van der Waals surface area (Å²) in [6.07, 6.45) is 3.75. The Balaban J connectivity index is 1.76. The Bertz CT molecular complexity index is 641. The third-order valence-corrected chi connectivity index (χ3v) is 3.31. The van der Waals surface area contributed by atoms with Crippen molar-refractivity contribution >= 4 is 23.0 Å². The van der Waals surface area contributed by atoms with Gasteiger partial charge in [-0.3, -0.25) is 4.79 Å². The molecule has 0 radical (unpaired) electrons. The van der Waals surface area contributed by atoms with Gasteiger partial charge < -0.3 is 19.8 Å². The summed E-state index contributed by atoms with van der Waals surface area (Å²) in [7, 11) is 0. The van der Waals surface area contributed by atoms with E-state index in [1.54, 1.807) is 6.33 Å². The van der Waals surface area contributed by atoms with Gasteiger partial charge in [0.05, 0.1) is 25.1 Å². The van der Waals surface area contributed by atoms with Gasteiger partial charge in [0.1, 0.15) is 18.5 Å². The molecule has 0 aliphatic carbocycles. The molecule has 2 aromatic heterocycles. The maximum atomic E-state index is 10.8. The molecule has 1 aliphatic rings. The van der Waals surface area contributed by atoms with Crippen LogP contribution in [0.1, 0.15) is 19.4 Å². The molecular formula is C12H15N5O3. The quantitative estimate of drug-likeness (QED) is 0.804. The van der Waals surface area contributed by atoms with Gasteiger partial charge in [-0.1, -0.05) is 0 Å². The number of rotatable bonds is 3. The zero-order chi connectivity index (χ0) is 14.1. The fraction of sp³-hybridized carbons (Fsp3) is 0.500. The van der Waals surface area contributed by atoms with Crippen LogP contribution in [0.2, 0.25) is 0 Å². The summed E-state index contributed by atoms with van der Waals surface area (Å²) in [5.41, 5.74) is 7.05. The van der Waals surface area contributed by atoms with Crippen molar-refractivity contribution in [3.63, 3.8) is 0 Å². The topological polar surface area (TPSA) is 105 Å². The van der Waals surface area contributed by atoms with E-state index < -0.39 is 0 Å². The first-order valence-electron chi connectivity index (χ1n) is 6.33. The highest BCUT2D eigenvalue weighted by Crippen LogP contribution is 2.28. The van der Waals surface area contributed by atoms with Crippen molar-refractivity contribution in [3.05, 3.63) is 12.7 Å². The highest BCUT2D eigenvalue weighted by molar-refractivity contribution is 5.81. The van der Waals surface area contributed by atoms with E-state index in [9.17, 15) is 4.79 Å². The van der Waals surface area contributed by atoms with E-state index in [1.807, 2.05) is 4.57 Å². The smallest absolute Gasteiger partial charge is 0.302 e. The molecule has 1 aliphatic heterocycles. The lowest BCUT2D eigenvalue weighted by atomic mass is 10.2. The predicted octanol–water partition coefficient (Wildman–Crippen LogP) is 0.302. The van der Waals surface area contributed by atoms with Crippen molar-refractivity contribution in [2.75, 3.05) is 18.9 Å². The molecule has 2 N–H and O–H groups in total. The molecule has 1 fully saturated rings. The van der Waals surface area contributed by atoms with E-state index in [0.29, 0.717) is 23.6 Å². The Hall–Kier alpha value is -2.22. The van der Waals surface area contributed by atoms with Gasteiger partial charge in [0.25, 0.3) is 0 Å². The van der Waals surface area contributed by atoms with Gasteiger partial charge in [0.15, 0.2) is 11.5 Å². The number of imidazole rings is 1. The summed E-state index contributed by atoms with van der Waals surface area (Å²) in [5, 5.41) is 0. The number of nitrogen functional groups attached to an aromatic ring is 1. The van der Waals surface area contributed by atoms with Crippen LogP contribution < -0.4 is 5.73 Å². The maximum Gasteiger partial charge on any atom is 0.302 e. The first kappa shape index (κ1) is 12.8. The number of aromatic nitrogens is 4. The molecule has 2 aromatic rings. The number of nitrogens with zero attached hydrogens (tertiary/aromatic N) is 4. The van der Waals surface area contributed by atoms with Crippen molar-refractivity contribution in [1.29, 1.82) is 0 Å². The first-order valence-corrected chi connectivity index (χ1v) is 6.33. The van der Waals surface area contributed by atoms with Gasteiger partial charge >= 0.3 is 5.97 Å². The molecule has 8 heteroatoms. The minimum absolute atomic E-state index is 0.0967. The second-order valence-electron chi connectivity index (χ2n) is 4.73. The third kappa shape index (κ3) is 2.29. The second-order valence-corrected chi connectivity index (χ2v) is 4.73. The Morgan fingerprint density at radius 1 is 1.55 bits per heavy atom. The van der Waals surface area contributed by atoms with Crippen LogP contribution in [-0.2, 0) is 14.3 Å². The molecule has 106 valence electrons. The SMILES string of the molecule is CC(=O)OC[C@@H]1C[C@H](n2cnc3c(N)ncnc32)CO1. The standard InChI is InChI=1S/C12H15N5O3/c1-7(18)19-4-9-2-8(3-20-9)17-6-16-10-11(13)14-5-15-12(10)17/h5-6,8-9H,2-4H2,1H3,(H2,13,14,15)/t8-,9-/m0/s1. The summed E-state index contributed by atoms with van der Waals surface area (Å²) in [5.74, 6) is 0.0646. The second kappa shape index (κ2) is 5.04. The molecule has 0 saturated carbocycles. The fourth-order valence-electron chi connectivity index (χ4n) is 2.34. The first-order chi connectivity index (χ1) is 9.65. The molecule has 0 spiro atoms. The molecule has 8 nitrogen and oxygen atoms in total. The number of fused-ring (bicyclic) bond motifs is 1. The molecular weight excluding hydrogens is 262 g/mol. The molecule has 2 atom stereocenters. The van der Waals surface area contributed by atoms with Gasteiger partial charge in [0.2, 0.25) is 0 Å². The number of ether oxygens (including phenoxy) is 2. The lowest BCUT2D eigenvalue weighted by Crippen LogP contribution is -2.16. The van der Waals surface area contributed by atoms with Crippen LogP contribution in [0.3, 0.4) is 0 Å².